The standard InChI is InChI=1S/C22H21N3O6S/c1-15(16-6-4-3-5-7-16)23-22(26)17-8-11-19(12-9-17)32(29,30)24-20-14-18(25(27)28)10-13-21(20)31-2/h3-15,24H,1-2H3,(H,23,26). The Morgan fingerprint density at radius 1 is 1.03 bits per heavy atom. The van der Waals surface area contributed by atoms with Crippen LogP contribution in [0.4, 0.5) is 11.4 Å². The zero-order valence-electron chi connectivity index (χ0n) is 17.3. The number of rotatable bonds is 8. The van der Waals surface area contributed by atoms with Crippen LogP contribution in [0.25, 0.3) is 0 Å². The van der Waals surface area contributed by atoms with Gasteiger partial charge in [-0.15, -0.1) is 0 Å². The fraction of sp³-hybridized carbons (Fsp3) is 0.136. The summed E-state index contributed by atoms with van der Waals surface area (Å²) in [6.07, 6.45) is 0. The molecule has 2 N–H and O–H groups in total. The number of hydrogen-bond acceptors (Lipinski definition) is 6. The third-order valence-corrected chi connectivity index (χ3v) is 6.09. The number of hydrogen-bond donors (Lipinski definition) is 2. The second-order valence-corrected chi connectivity index (χ2v) is 8.56. The van der Waals surface area contributed by atoms with Gasteiger partial charge in [0.25, 0.3) is 21.6 Å². The van der Waals surface area contributed by atoms with Gasteiger partial charge in [-0.1, -0.05) is 30.3 Å². The number of non-ortho nitro benzene ring substituents is 1. The monoisotopic (exact) mass is 455 g/mol. The molecule has 0 aliphatic rings. The fourth-order valence-corrected chi connectivity index (χ4v) is 4.04. The van der Waals surface area contributed by atoms with Crippen molar-refractivity contribution < 1.29 is 22.9 Å². The molecular formula is C22H21N3O6S. The summed E-state index contributed by atoms with van der Waals surface area (Å²) in [5.41, 5.74) is 0.873. The van der Waals surface area contributed by atoms with Crippen LogP contribution in [0.3, 0.4) is 0 Å². The number of methoxy groups -OCH3 is 1. The van der Waals surface area contributed by atoms with E-state index in [4.69, 9.17) is 4.74 Å². The molecule has 0 radical (unpaired) electrons. The molecule has 9 nitrogen and oxygen atoms in total. The average molecular weight is 455 g/mol. The third-order valence-electron chi connectivity index (χ3n) is 4.71. The van der Waals surface area contributed by atoms with E-state index in [-0.39, 0.29) is 34.0 Å². The minimum Gasteiger partial charge on any atom is -0.495 e. The van der Waals surface area contributed by atoms with Crippen LogP contribution in [0.2, 0.25) is 0 Å². The molecule has 0 fully saturated rings. The van der Waals surface area contributed by atoms with Gasteiger partial charge in [-0.25, -0.2) is 8.42 Å². The number of nitro benzene ring substituents is 1. The highest BCUT2D eigenvalue weighted by Gasteiger charge is 2.20. The smallest absolute Gasteiger partial charge is 0.271 e. The molecule has 1 atom stereocenters. The first-order chi connectivity index (χ1) is 15.2. The van der Waals surface area contributed by atoms with E-state index < -0.39 is 14.9 Å². The maximum absolute atomic E-state index is 12.8. The molecular weight excluding hydrogens is 434 g/mol. The van der Waals surface area contributed by atoms with Gasteiger partial charge in [-0.2, -0.15) is 0 Å². The number of carbonyl (C=O) groups excluding carboxylic acids is 1. The summed E-state index contributed by atoms with van der Waals surface area (Å²) in [5, 5.41) is 13.9. The van der Waals surface area contributed by atoms with Crippen molar-refractivity contribution in [1.82, 2.24) is 5.32 Å². The maximum Gasteiger partial charge on any atom is 0.271 e. The zero-order chi connectivity index (χ0) is 23.3. The normalized spacial score (nSPS) is 11.9. The Labute approximate surface area is 185 Å². The van der Waals surface area contributed by atoms with Crippen molar-refractivity contribution in [3.8, 4) is 5.75 Å². The number of nitrogens with zero attached hydrogens (tertiary/aromatic N) is 1. The fourth-order valence-electron chi connectivity index (χ4n) is 2.98. The average Bonchev–Trinajstić information content (AvgIpc) is 2.79. The molecule has 10 heteroatoms. The molecule has 0 bridgehead atoms. The summed E-state index contributed by atoms with van der Waals surface area (Å²) in [6.45, 7) is 1.85. The predicted octanol–water partition coefficient (Wildman–Crippen LogP) is 3.90. The van der Waals surface area contributed by atoms with Gasteiger partial charge in [0.15, 0.2) is 0 Å². The van der Waals surface area contributed by atoms with Gasteiger partial charge in [-0.05, 0) is 42.8 Å². The van der Waals surface area contributed by atoms with Crippen LogP contribution in [-0.4, -0.2) is 26.4 Å². The summed E-state index contributed by atoms with van der Waals surface area (Å²) in [5.74, 6) is -0.219. The first kappa shape index (κ1) is 22.8. The summed E-state index contributed by atoms with van der Waals surface area (Å²) >= 11 is 0. The van der Waals surface area contributed by atoms with Crippen molar-refractivity contribution in [2.45, 2.75) is 17.9 Å². The number of ether oxygens (including phenoxy) is 1. The number of amides is 1. The summed E-state index contributed by atoms with van der Waals surface area (Å²) in [4.78, 5) is 22.8. The number of benzene rings is 3. The molecule has 1 unspecified atom stereocenters. The Morgan fingerprint density at radius 3 is 2.28 bits per heavy atom. The lowest BCUT2D eigenvalue weighted by Gasteiger charge is -2.15. The second kappa shape index (κ2) is 9.48. The van der Waals surface area contributed by atoms with Gasteiger partial charge < -0.3 is 10.1 Å². The Kier molecular flexibility index (Phi) is 6.74. The quantitative estimate of drug-likeness (QED) is 0.392. The lowest BCUT2D eigenvalue weighted by Crippen LogP contribution is -2.26. The van der Waals surface area contributed by atoms with E-state index >= 15 is 0 Å². The Balaban J connectivity index is 1.77. The molecule has 1 amide bonds. The van der Waals surface area contributed by atoms with E-state index in [0.717, 1.165) is 11.6 Å². The zero-order valence-corrected chi connectivity index (χ0v) is 18.1. The minimum absolute atomic E-state index is 0.0693. The molecule has 0 aromatic heterocycles. The molecule has 0 aliphatic heterocycles. The van der Waals surface area contributed by atoms with Gasteiger partial charge in [-0.3, -0.25) is 19.6 Å². The van der Waals surface area contributed by atoms with E-state index in [1.165, 1.54) is 43.5 Å². The molecule has 0 aliphatic carbocycles. The molecule has 0 saturated carbocycles. The van der Waals surface area contributed by atoms with Crippen molar-refractivity contribution in [3.63, 3.8) is 0 Å². The van der Waals surface area contributed by atoms with Crippen LogP contribution in [0.15, 0.2) is 77.7 Å². The van der Waals surface area contributed by atoms with Gasteiger partial charge >= 0.3 is 0 Å². The Bertz CT molecular complexity index is 1230. The summed E-state index contributed by atoms with van der Waals surface area (Å²) in [7, 11) is -2.76. The van der Waals surface area contributed by atoms with E-state index in [2.05, 4.69) is 10.0 Å². The van der Waals surface area contributed by atoms with Crippen molar-refractivity contribution in [3.05, 3.63) is 94.0 Å². The van der Waals surface area contributed by atoms with Crippen LogP contribution in [0.1, 0.15) is 28.9 Å². The van der Waals surface area contributed by atoms with E-state index in [0.29, 0.717) is 5.56 Å². The van der Waals surface area contributed by atoms with Crippen LogP contribution in [0, 0.1) is 10.1 Å². The van der Waals surface area contributed by atoms with Crippen molar-refractivity contribution in [2.75, 3.05) is 11.8 Å². The topological polar surface area (TPSA) is 128 Å². The summed E-state index contributed by atoms with van der Waals surface area (Å²) < 4.78 is 32.9. The number of nitrogens with one attached hydrogen (secondary N) is 2. The molecule has 0 heterocycles. The minimum atomic E-state index is -4.08. The molecule has 32 heavy (non-hydrogen) atoms. The second-order valence-electron chi connectivity index (χ2n) is 6.88. The van der Waals surface area contributed by atoms with Crippen LogP contribution in [-0.2, 0) is 10.0 Å². The molecule has 0 saturated heterocycles. The largest absolute Gasteiger partial charge is 0.495 e. The molecule has 3 aromatic rings. The predicted molar refractivity (Wildman–Crippen MR) is 119 cm³/mol. The van der Waals surface area contributed by atoms with Gasteiger partial charge in [0, 0.05) is 17.7 Å². The highest BCUT2D eigenvalue weighted by atomic mass is 32.2. The number of sulfonamides is 1. The third kappa shape index (κ3) is 5.22. The lowest BCUT2D eigenvalue weighted by atomic mass is 10.1. The number of anilines is 1. The van der Waals surface area contributed by atoms with Gasteiger partial charge in [0.1, 0.15) is 5.75 Å². The van der Waals surface area contributed by atoms with E-state index in [1.807, 2.05) is 37.3 Å². The molecule has 0 spiro atoms. The molecule has 3 rings (SSSR count). The summed E-state index contributed by atoms with van der Waals surface area (Å²) in [6, 6.07) is 18.1. The SMILES string of the molecule is COc1ccc([N+](=O)[O-])cc1NS(=O)(=O)c1ccc(C(=O)NC(C)c2ccccc2)cc1. The van der Waals surface area contributed by atoms with Crippen LogP contribution >= 0.6 is 0 Å². The van der Waals surface area contributed by atoms with Crippen LogP contribution < -0.4 is 14.8 Å². The highest BCUT2D eigenvalue weighted by Crippen LogP contribution is 2.30. The van der Waals surface area contributed by atoms with Gasteiger partial charge in [0.05, 0.1) is 28.7 Å². The van der Waals surface area contributed by atoms with Gasteiger partial charge in [0.2, 0.25) is 0 Å². The first-order valence-electron chi connectivity index (χ1n) is 9.52. The van der Waals surface area contributed by atoms with Crippen LogP contribution in [0.5, 0.6) is 5.75 Å². The Hall–Kier alpha value is -3.92. The maximum atomic E-state index is 12.8. The van der Waals surface area contributed by atoms with E-state index in [1.54, 1.807) is 0 Å². The highest BCUT2D eigenvalue weighted by molar-refractivity contribution is 7.92. The first-order valence-corrected chi connectivity index (χ1v) is 11.0. The number of nitro groups is 1. The molecule has 3 aromatic carbocycles. The van der Waals surface area contributed by atoms with E-state index in [9.17, 15) is 23.3 Å². The Morgan fingerprint density at radius 2 is 1.69 bits per heavy atom. The van der Waals surface area contributed by atoms with Crippen molar-refractivity contribution >= 4 is 27.3 Å². The number of carbonyl (C=O) groups is 1. The van der Waals surface area contributed by atoms with Crippen molar-refractivity contribution in [1.29, 1.82) is 0 Å². The van der Waals surface area contributed by atoms with Crippen molar-refractivity contribution in [2.24, 2.45) is 0 Å². The lowest BCUT2D eigenvalue weighted by molar-refractivity contribution is -0.384. The molecule has 166 valence electrons.